The highest BCUT2D eigenvalue weighted by Crippen LogP contribution is 2.36. The van der Waals surface area contributed by atoms with Gasteiger partial charge in [-0.05, 0) is 29.8 Å². The van der Waals surface area contributed by atoms with E-state index in [1.165, 1.54) is 0 Å². The fourth-order valence-corrected chi connectivity index (χ4v) is 2.58. The van der Waals surface area contributed by atoms with Crippen molar-refractivity contribution in [1.82, 2.24) is 0 Å². The normalized spacial score (nSPS) is 12.4. The third kappa shape index (κ3) is 2.17. The average molecular weight is 287 g/mol. The van der Waals surface area contributed by atoms with Crippen molar-refractivity contribution in [3.05, 3.63) is 70.9 Å². The molecule has 0 fully saturated rings. The molecule has 0 radical (unpaired) electrons. The van der Waals surface area contributed by atoms with Crippen LogP contribution in [0.4, 0.5) is 0 Å². The standard InChI is InChI=1S/C16H11ClO3/c17-12-5-1-3-11(9-12)14(16(18)19)13-7-6-10-4-2-8-20-15(10)13/h1-9,14H,(H,18,19). The molecule has 1 aromatic carbocycles. The van der Waals surface area contributed by atoms with Gasteiger partial charge in [-0.25, -0.2) is 0 Å². The smallest absolute Gasteiger partial charge is 0.315 e. The minimum Gasteiger partial charge on any atom is -0.481 e. The molecule has 3 nitrogen and oxygen atoms in total. The van der Waals surface area contributed by atoms with Gasteiger partial charge in [0.2, 0.25) is 0 Å². The molecule has 0 spiro atoms. The van der Waals surface area contributed by atoms with Gasteiger partial charge in [-0.1, -0.05) is 35.9 Å². The molecule has 1 atom stereocenters. The van der Waals surface area contributed by atoms with E-state index in [1.807, 2.05) is 12.1 Å². The lowest BCUT2D eigenvalue weighted by molar-refractivity contribution is -0.137. The number of carboxylic acids is 1. The van der Waals surface area contributed by atoms with Crippen LogP contribution in [0.2, 0.25) is 5.02 Å². The second-order valence-corrected chi connectivity index (χ2v) is 4.95. The lowest BCUT2D eigenvalue weighted by atomic mass is 9.92. The maximum absolute atomic E-state index is 11.7. The highest BCUT2D eigenvalue weighted by atomic mass is 35.5. The Morgan fingerprint density at radius 3 is 2.75 bits per heavy atom. The Hall–Kier alpha value is -2.26. The van der Waals surface area contributed by atoms with E-state index in [4.69, 9.17) is 16.0 Å². The molecule has 0 saturated heterocycles. The second kappa shape index (κ2) is 5.02. The van der Waals surface area contributed by atoms with E-state index in [2.05, 4.69) is 0 Å². The van der Waals surface area contributed by atoms with Gasteiger partial charge in [-0.2, -0.15) is 0 Å². The summed E-state index contributed by atoms with van der Waals surface area (Å²) in [4.78, 5) is 11.7. The summed E-state index contributed by atoms with van der Waals surface area (Å²) >= 11 is 5.96. The molecular formula is C16H11ClO3. The minimum absolute atomic E-state index is 0.515. The molecule has 1 unspecified atom stereocenters. The molecule has 0 bridgehead atoms. The Morgan fingerprint density at radius 2 is 2.00 bits per heavy atom. The predicted octanol–water partition coefficient (Wildman–Crippen LogP) is 4.25. The van der Waals surface area contributed by atoms with Crippen molar-refractivity contribution in [3.63, 3.8) is 0 Å². The maximum Gasteiger partial charge on any atom is 0.315 e. The van der Waals surface area contributed by atoms with Crippen LogP contribution in [0, 0.1) is 0 Å². The highest BCUT2D eigenvalue weighted by molar-refractivity contribution is 6.30. The van der Waals surface area contributed by atoms with Gasteiger partial charge >= 0.3 is 5.97 Å². The number of carboxylic acid groups (broad SMARTS) is 1. The first-order valence-corrected chi connectivity index (χ1v) is 6.49. The lowest BCUT2D eigenvalue weighted by Crippen LogP contribution is -2.13. The number of hydrogen-bond donors (Lipinski definition) is 1. The zero-order chi connectivity index (χ0) is 14.1. The number of carbonyl (C=O) groups is 1. The summed E-state index contributed by atoms with van der Waals surface area (Å²) in [5.74, 6) is -1.13. The number of rotatable bonds is 3. The van der Waals surface area contributed by atoms with Gasteiger partial charge in [-0.15, -0.1) is 0 Å². The van der Waals surface area contributed by atoms with Gasteiger partial charge in [0.15, 0.2) is 0 Å². The number of halogens is 1. The zero-order valence-electron chi connectivity index (χ0n) is 10.4. The second-order valence-electron chi connectivity index (χ2n) is 4.51. The first-order chi connectivity index (χ1) is 9.66. The summed E-state index contributed by atoms with van der Waals surface area (Å²) in [5.41, 5.74) is 2.16. The molecule has 1 N–H and O–H groups in total. The lowest BCUT2D eigenvalue weighted by Gasteiger charge is -2.13. The van der Waals surface area contributed by atoms with Gasteiger partial charge in [0.1, 0.15) is 11.7 Å². The zero-order valence-corrected chi connectivity index (χ0v) is 11.2. The molecule has 1 heterocycles. The van der Waals surface area contributed by atoms with Gasteiger partial charge < -0.3 is 9.52 Å². The molecule has 1 aromatic rings. The summed E-state index contributed by atoms with van der Waals surface area (Å²) in [6, 6.07) is 14.2. The van der Waals surface area contributed by atoms with E-state index in [9.17, 15) is 9.90 Å². The summed E-state index contributed by atoms with van der Waals surface area (Å²) in [6.07, 6.45) is 1.54. The summed E-state index contributed by atoms with van der Waals surface area (Å²) in [6.45, 7) is 0. The topological polar surface area (TPSA) is 50.4 Å². The highest BCUT2D eigenvalue weighted by Gasteiger charge is 2.28. The Bertz CT molecular complexity index is 732. The average Bonchev–Trinajstić information content (AvgIpc) is 2.83. The Morgan fingerprint density at radius 1 is 1.15 bits per heavy atom. The van der Waals surface area contributed by atoms with Crippen LogP contribution in [0.15, 0.2) is 59.2 Å². The molecule has 4 heteroatoms. The van der Waals surface area contributed by atoms with Crippen LogP contribution in [-0.4, -0.2) is 11.1 Å². The molecule has 100 valence electrons. The first kappa shape index (κ1) is 12.8. The van der Waals surface area contributed by atoms with Crippen molar-refractivity contribution in [2.75, 3.05) is 0 Å². The Kier molecular flexibility index (Phi) is 3.20. The monoisotopic (exact) mass is 286 g/mol. The first-order valence-electron chi connectivity index (χ1n) is 6.11. The van der Waals surface area contributed by atoms with Crippen molar-refractivity contribution in [2.45, 2.75) is 5.92 Å². The van der Waals surface area contributed by atoms with Crippen molar-refractivity contribution >= 4 is 17.6 Å². The SMILES string of the molecule is O=C(O)C(c1cccc(Cl)c1)c1ccc2cccoc1-2. The van der Waals surface area contributed by atoms with Crippen molar-refractivity contribution in [1.29, 1.82) is 0 Å². The fraction of sp³-hybridized carbons (Fsp3) is 0.0625. The fourth-order valence-electron chi connectivity index (χ4n) is 2.38. The van der Waals surface area contributed by atoms with Crippen LogP contribution in [-0.2, 0) is 4.79 Å². The van der Waals surface area contributed by atoms with E-state index in [0.29, 0.717) is 21.9 Å². The maximum atomic E-state index is 11.7. The van der Waals surface area contributed by atoms with Crippen molar-refractivity contribution < 1.29 is 14.3 Å². The minimum atomic E-state index is -0.932. The molecule has 0 saturated carbocycles. The van der Waals surface area contributed by atoms with Crippen LogP contribution in [0.3, 0.4) is 0 Å². The summed E-state index contributed by atoms with van der Waals surface area (Å²) in [7, 11) is 0. The van der Waals surface area contributed by atoms with E-state index >= 15 is 0 Å². The quantitative estimate of drug-likeness (QED) is 0.783. The number of hydrogen-bond acceptors (Lipinski definition) is 2. The third-order valence-corrected chi connectivity index (χ3v) is 3.48. The Balaban J connectivity index is 2.15. The Labute approximate surface area is 120 Å². The van der Waals surface area contributed by atoms with Crippen LogP contribution >= 0.6 is 11.6 Å². The van der Waals surface area contributed by atoms with Crippen molar-refractivity contribution in [3.8, 4) is 11.3 Å². The van der Waals surface area contributed by atoms with E-state index < -0.39 is 11.9 Å². The van der Waals surface area contributed by atoms with Gasteiger partial charge in [0, 0.05) is 16.1 Å². The van der Waals surface area contributed by atoms with Crippen LogP contribution < -0.4 is 0 Å². The van der Waals surface area contributed by atoms with Crippen molar-refractivity contribution in [2.24, 2.45) is 0 Å². The largest absolute Gasteiger partial charge is 0.481 e. The van der Waals surface area contributed by atoms with E-state index in [0.717, 1.165) is 5.56 Å². The van der Waals surface area contributed by atoms with Crippen LogP contribution in [0.25, 0.3) is 11.3 Å². The number of benzene rings is 1. The molecule has 0 aromatic heterocycles. The molecule has 2 aliphatic rings. The summed E-state index contributed by atoms with van der Waals surface area (Å²) < 4.78 is 5.47. The predicted molar refractivity (Wildman–Crippen MR) is 76.3 cm³/mol. The number of aliphatic carboxylic acids is 1. The number of fused-ring (bicyclic) bond motifs is 1. The molecule has 3 rings (SSSR count). The molecule has 1 aliphatic heterocycles. The molecular weight excluding hydrogens is 276 g/mol. The van der Waals surface area contributed by atoms with E-state index in [1.54, 1.807) is 42.7 Å². The molecule has 1 aliphatic carbocycles. The van der Waals surface area contributed by atoms with Crippen LogP contribution in [0.5, 0.6) is 0 Å². The van der Waals surface area contributed by atoms with Crippen LogP contribution in [0.1, 0.15) is 17.0 Å². The molecule has 20 heavy (non-hydrogen) atoms. The third-order valence-electron chi connectivity index (χ3n) is 3.25. The van der Waals surface area contributed by atoms with E-state index in [-0.39, 0.29) is 0 Å². The van der Waals surface area contributed by atoms with Gasteiger partial charge in [-0.3, -0.25) is 4.79 Å². The van der Waals surface area contributed by atoms with Gasteiger partial charge in [0.05, 0.1) is 6.26 Å². The van der Waals surface area contributed by atoms with Gasteiger partial charge in [0.25, 0.3) is 0 Å². The summed E-state index contributed by atoms with van der Waals surface area (Å²) in [5, 5.41) is 10.1. The molecule has 0 amide bonds.